The van der Waals surface area contributed by atoms with Gasteiger partial charge in [-0.1, -0.05) is 32.1 Å². The summed E-state index contributed by atoms with van der Waals surface area (Å²) in [6.45, 7) is 9.38. The van der Waals surface area contributed by atoms with Crippen LogP contribution in [0.15, 0.2) is 30.4 Å². The van der Waals surface area contributed by atoms with E-state index in [2.05, 4.69) is 51.1 Å². The third kappa shape index (κ3) is 4.21. The summed E-state index contributed by atoms with van der Waals surface area (Å²) in [5.74, 6) is 1.61. The Hall–Kier alpha value is -1.24. The Balaban J connectivity index is 2.82. The molecule has 0 N–H and O–H groups in total. The molecule has 0 heterocycles. The minimum absolute atomic E-state index is 0.628. The van der Waals surface area contributed by atoms with E-state index in [0.29, 0.717) is 5.92 Å². The maximum atomic E-state index is 5.54. The van der Waals surface area contributed by atoms with Gasteiger partial charge in [0.1, 0.15) is 5.75 Å². The molecule has 0 aliphatic rings. The van der Waals surface area contributed by atoms with Crippen molar-refractivity contribution in [3.05, 3.63) is 41.5 Å². The molecular weight excluding hydrogens is 220 g/mol. The summed E-state index contributed by atoms with van der Waals surface area (Å²) in [7, 11) is 0. The minimum Gasteiger partial charge on any atom is -0.494 e. The van der Waals surface area contributed by atoms with Crippen LogP contribution in [0.5, 0.6) is 5.75 Å². The fraction of sp³-hybridized carbons (Fsp3) is 0.529. The Morgan fingerprint density at radius 2 is 1.94 bits per heavy atom. The third-order valence-electron chi connectivity index (χ3n) is 3.31. The molecule has 0 aliphatic heterocycles. The molecule has 1 atom stereocenters. The van der Waals surface area contributed by atoms with Crippen molar-refractivity contribution in [3.63, 3.8) is 0 Å². The van der Waals surface area contributed by atoms with Crippen molar-refractivity contribution in [2.75, 3.05) is 6.61 Å². The van der Waals surface area contributed by atoms with Crippen molar-refractivity contribution in [2.24, 2.45) is 0 Å². The molecule has 18 heavy (non-hydrogen) atoms. The fourth-order valence-electron chi connectivity index (χ4n) is 2.30. The van der Waals surface area contributed by atoms with Crippen LogP contribution in [-0.2, 0) is 0 Å². The SMILES string of the molecule is CC/C=C\CC(CC)c1ccc(OCC)cc1C. The van der Waals surface area contributed by atoms with Crippen molar-refractivity contribution in [1.82, 2.24) is 0 Å². The highest BCUT2D eigenvalue weighted by atomic mass is 16.5. The summed E-state index contributed by atoms with van der Waals surface area (Å²) in [4.78, 5) is 0. The van der Waals surface area contributed by atoms with Crippen LogP contribution in [0.4, 0.5) is 0 Å². The molecule has 1 aromatic rings. The van der Waals surface area contributed by atoms with E-state index in [1.165, 1.54) is 17.5 Å². The largest absolute Gasteiger partial charge is 0.494 e. The summed E-state index contributed by atoms with van der Waals surface area (Å²) >= 11 is 0. The summed E-state index contributed by atoms with van der Waals surface area (Å²) < 4.78 is 5.54. The zero-order valence-electron chi connectivity index (χ0n) is 12.2. The first kappa shape index (κ1) is 14.8. The minimum atomic E-state index is 0.628. The molecule has 0 aromatic heterocycles. The molecule has 1 heteroatoms. The normalized spacial score (nSPS) is 12.9. The van der Waals surface area contributed by atoms with E-state index >= 15 is 0 Å². The van der Waals surface area contributed by atoms with E-state index in [1.807, 2.05) is 6.92 Å². The van der Waals surface area contributed by atoms with Crippen LogP contribution in [0, 0.1) is 6.92 Å². The molecule has 1 aromatic carbocycles. The maximum absolute atomic E-state index is 5.54. The molecule has 0 radical (unpaired) electrons. The molecule has 1 nitrogen and oxygen atoms in total. The third-order valence-corrected chi connectivity index (χ3v) is 3.31. The molecule has 100 valence electrons. The summed E-state index contributed by atoms with van der Waals surface area (Å²) in [6, 6.07) is 6.48. The van der Waals surface area contributed by atoms with Crippen molar-refractivity contribution in [1.29, 1.82) is 0 Å². The summed E-state index contributed by atoms with van der Waals surface area (Å²) in [5, 5.41) is 0. The van der Waals surface area contributed by atoms with Crippen LogP contribution < -0.4 is 4.74 Å². The van der Waals surface area contributed by atoms with Gasteiger partial charge in [0.05, 0.1) is 6.61 Å². The molecular formula is C17H26O. The average Bonchev–Trinajstić information content (AvgIpc) is 2.36. The Kier molecular flexibility index (Phi) is 6.56. The van der Waals surface area contributed by atoms with Crippen LogP contribution in [0.3, 0.4) is 0 Å². The van der Waals surface area contributed by atoms with E-state index in [9.17, 15) is 0 Å². The molecule has 0 saturated heterocycles. The number of hydrogen-bond donors (Lipinski definition) is 0. The van der Waals surface area contributed by atoms with Gasteiger partial charge in [0.25, 0.3) is 0 Å². The quantitative estimate of drug-likeness (QED) is 0.597. The Labute approximate surface area is 112 Å². The van der Waals surface area contributed by atoms with Gasteiger partial charge < -0.3 is 4.74 Å². The zero-order valence-corrected chi connectivity index (χ0v) is 12.2. The first-order chi connectivity index (χ1) is 8.72. The first-order valence-electron chi connectivity index (χ1n) is 7.11. The van der Waals surface area contributed by atoms with Gasteiger partial charge in [-0.3, -0.25) is 0 Å². The number of aryl methyl sites for hydroxylation is 1. The van der Waals surface area contributed by atoms with Gasteiger partial charge in [0.2, 0.25) is 0 Å². The number of allylic oxidation sites excluding steroid dienone is 2. The molecule has 1 rings (SSSR count). The van der Waals surface area contributed by atoms with Crippen LogP contribution in [-0.4, -0.2) is 6.61 Å². The summed E-state index contributed by atoms with van der Waals surface area (Å²) in [5.41, 5.74) is 2.81. The van der Waals surface area contributed by atoms with Crippen molar-refractivity contribution >= 4 is 0 Å². The van der Waals surface area contributed by atoms with E-state index < -0.39 is 0 Å². The van der Waals surface area contributed by atoms with E-state index in [1.54, 1.807) is 0 Å². The molecule has 0 bridgehead atoms. The second-order valence-electron chi connectivity index (χ2n) is 4.67. The van der Waals surface area contributed by atoms with E-state index in [0.717, 1.165) is 25.2 Å². The highest BCUT2D eigenvalue weighted by Crippen LogP contribution is 2.29. The fourth-order valence-corrected chi connectivity index (χ4v) is 2.30. The zero-order chi connectivity index (χ0) is 13.4. The van der Waals surface area contributed by atoms with Gasteiger partial charge in [-0.05, 0) is 62.3 Å². The van der Waals surface area contributed by atoms with Gasteiger partial charge in [0.15, 0.2) is 0 Å². The number of ether oxygens (including phenoxy) is 1. The van der Waals surface area contributed by atoms with Gasteiger partial charge >= 0.3 is 0 Å². The van der Waals surface area contributed by atoms with E-state index in [-0.39, 0.29) is 0 Å². The second-order valence-corrected chi connectivity index (χ2v) is 4.67. The topological polar surface area (TPSA) is 9.23 Å². The monoisotopic (exact) mass is 246 g/mol. The van der Waals surface area contributed by atoms with Crippen molar-refractivity contribution in [2.45, 2.75) is 52.9 Å². The van der Waals surface area contributed by atoms with Gasteiger partial charge in [-0.15, -0.1) is 0 Å². The van der Waals surface area contributed by atoms with Gasteiger partial charge in [-0.25, -0.2) is 0 Å². The number of hydrogen-bond acceptors (Lipinski definition) is 1. The molecule has 0 aliphatic carbocycles. The highest BCUT2D eigenvalue weighted by Gasteiger charge is 2.11. The second kappa shape index (κ2) is 7.97. The molecule has 0 spiro atoms. The Bertz CT molecular complexity index is 379. The standard InChI is InChI=1S/C17H26O/c1-5-8-9-10-15(6-2)17-12-11-16(18-7-3)13-14(17)4/h8-9,11-13,15H,5-7,10H2,1-4H3/b9-8-. The molecule has 0 fully saturated rings. The molecule has 0 amide bonds. The first-order valence-corrected chi connectivity index (χ1v) is 7.11. The lowest BCUT2D eigenvalue weighted by atomic mass is 9.89. The lowest BCUT2D eigenvalue weighted by Crippen LogP contribution is -2.00. The van der Waals surface area contributed by atoms with E-state index in [4.69, 9.17) is 4.74 Å². The van der Waals surface area contributed by atoms with Crippen molar-refractivity contribution < 1.29 is 4.74 Å². The van der Waals surface area contributed by atoms with Crippen LogP contribution >= 0.6 is 0 Å². The predicted octanol–water partition coefficient (Wildman–Crippen LogP) is 5.24. The van der Waals surface area contributed by atoms with Crippen LogP contribution in [0.25, 0.3) is 0 Å². The molecule has 0 saturated carbocycles. The average molecular weight is 246 g/mol. The Morgan fingerprint density at radius 1 is 1.17 bits per heavy atom. The lowest BCUT2D eigenvalue weighted by Gasteiger charge is -2.17. The Morgan fingerprint density at radius 3 is 2.50 bits per heavy atom. The smallest absolute Gasteiger partial charge is 0.119 e. The van der Waals surface area contributed by atoms with Crippen LogP contribution in [0.1, 0.15) is 57.1 Å². The predicted molar refractivity (Wildman–Crippen MR) is 79.4 cm³/mol. The number of benzene rings is 1. The summed E-state index contributed by atoms with van der Waals surface area (Å²) in [6.07, 6.45) is 8.01. The van der Waals surface area contributed by atoms with Gasteiger partial charge in [-0.2, -0.15) is 0 Å². The number of rotatable bonds is 7. The van der Waals surface area contributed by atoms with Gasteiger partial charge in [0, 0.05) is 0 Å². The lowest BCUT2D eigenvalue weighted by molar-refractivity contribution is 0.340. The maximum Gasteiger partial charge on any atom is 0.119 e. The highest BCUT2D eigenvalue weighted by molar-refractivity contribution is 5.37. The molecule has 1 unspecified atom stereocenters. The van der Waals surface area contributed by atoms with Crippen molar-refractivity contribution in [3.8, 4) is 5.75 Å². The van der Waals surface area contributed by atoms with Crippen LogP contribution in [0.2, 0.25) is 0 Å².